The summed E-state index contributed by atoms with van der Waals surface area (Å²) in [5.74, 6) is -1.41. The maximum absolute atomic E-state index is 12.5. The van der Waals surface area contributed by atoms with Crippen molar-refractivity contribution in [2.45, 2.75) is 50.1 Å². The predicted octanol–water partition coefficient (Wildman–Crippen LogP) is 0.0139. The lowest BCUT2D eigenvalue weighted by molar-refractivity contribution is -0.163. The zero-order valence-corrected chi connectivity index (χ0v) is 20.0. The normalized spacial score (nSPS) is 35.8. The first-order chi connectivity index (χ1) is 15.1. The number of β-lactam (4-membered cyclic amide) rings is 1. The second-order valence-corrected chi connectivity index (χ2v) is 11.2. The molecule has 0 bridgehead atoms. The van der Waals surface area contributed by atoms with E-state index >= 15 is 0 Å². The van der Waals surface area contributed by atoms with E-state index in [1.54, 1.807) is 37.7 Å². The number of aliphatic carboxylic acids is 1. The second kappa shape index (κ2) is 8.96. The van der Waals surface area contributed by atoms with Crippen LogP contribution in [0.4, 0.5) is 0 Å². The van der Waals surface area contributed by atoms with Gasteiger partial charge in [-0.3, -0.25) is 9.59 Å². The smallest absolute Gasteiger partial charge is 0.353 e. The number of thioether (sulfide) groups is 1. The number of fused-ring (bicyclic) bond motifs is 1. The van der Waals surface area contributed by atoms with Gasteiger partial charge >= 0.3 is 5.97 Å². The third-order valence-electron chi connectivity index (χ3n) is 7.31. The summed E-state index contributed by atoms with van der Waals surface area (Å²) in [5.41, 5.74) is 0.109. The first-order valence-corrected chi connectivity index (χ1v) is 12.3. The third-order valence-corrected chi connectivity index (χ3v) is 8.85. The van der Waals surface area contributed by atoms with Gasteiger partial charge in [-0.1, -0.05) is 6.92 Å². The molecule has 0 aliphatic carbocycles. The second-order valence-electron chi connectivity index (χ2n) is 9.86. The molecule has 4 aliphatic rings. The highest BCUT2D eigenvalue weighted by atomic mass is 32.2. The van der Waals surface area contributed by atoms with Crippen molar-refractivity contribution in [3.05, 3.63) is 10.6 Å². The lowest BCUT2D eigenvalue weighted by Crippen LogP contribution is -2.63. The quantitative estimate of drug-likeness (QED) is 0.450. The molecule has 0 saturated carbocycles. The summed E-state index contributed by atoms with van der Waals surface area (Å²) in [6.45, 7) is 7.16. The lowest BCUT2D eigenvalue weighted by atomic mass is 9.79. The number of carboxylic acid groups (broad SMARTS) is 1. The van der Waals surface area contributed by atoms with Crippen LogP contribution in [0, 0.1) is 17.8 Å². The van der Waals surface area contributed by atoms with Crippen LogP contribution in [0.15, 0.2) is 10.6 Å². The zero-order chi connectivity index (χ0) is 23.3. The van der Waals surface area contributed by atoms with Crippen molar-refractivity contribution in [2.24, 2.45) is 17.8 Å². The Labute approximate surface area is 193 Å². The summed E-state index contributed by atoms with van der Waals surface area (Å²) >= 11 is 1.60. The van der Waals surface area contributed by atoms with Gasteiger partial charge in [0.25, 0.3) is 0 Å². The fourth-order valence-electron chi connectivity index (χ4n) is 5.73. The van der Waals surface area contributed by atoms with Gasteiger partial charge < -0.3 is 30.2 Å². The molecule has 7 atom stereocenters. The Bertz CT molecular complexity index is 831. The van der Waals surface area contributed by atoms with Gasteiger partial charge in [0.2, 0.25) is 11.8 Å². The number of carbonyl (C=O) groups excluding carboxylic acids is 2. The van der Waals surface area contributed by atoms with Crippen LogP contribution < -0.4 is 5.32 Å². The number of amides is 2. The van der Waals surface area contributed by atoms with E-state index in [9.17, 15) is 24.6 Å². The summed E-state index contributed by atoms with van der Waals surface area (Å²) in [6.07, 6.45) is 1.03. The van der Waals surface area contributed by atoms with E-state index in [1.807, 2.05) is 6.92 Å². The van der Waals surface area contributed by atoms with E-state index in [2.05, 4.69) is 10.2 Å². The van der Waals surface area contributed by atoms with Gasteiger partial charge in [0, 0.05) is 43.3 Å². The Morgan fingerprint density at radius 3 is 2.69 bits per heavy atom. The van der Waals surface area contributed by atoms with Gasteiger partial charge in [-0.15, -0.1) is 11.8 Å². The summed E-state index contributed by atoms with van der Waals surface area (Å²) in [4.78, 5) is 42.9. The number of nitrogens with one attached hydrogen (secondary N) is 1. The molecule has 9 nitrogen and oxygen atoms in total. The van der Waals surface area contributed by atoms with E-state index in [-0.39, 0.29) is 40.8 Å². The van der Waals surface area contributed by atoms with Crippen LogP contribution in [0.3, 0.4) is 0 Å². The first kappa shape index (κ1) is 23.5. The van der Waals surface area contributed by atoms with Crippen molar-refractivity contribution in [3.63, 3.8) is 0 Å². The molecule has 0 aromatic heterocycles. The highest BCUT2D eigenvalue weighted by molar-refractivity contribution is 8.03. The number of likely N-dealkylation sites (tertiary alicyclic amines) is 1. The molecule has 0 spiro atoms. The molecule has 10 heteroatoms. The fraction of sp³-hybridized carbons (Fsp3) is 0.773. The Hall–Kier alpha value is -1.62. The number of aliphatic hydroxyl groups excluding tert-OH is 1. The highest BCUT2D eigenvalue weighted by Crippen LogP contribution is 2.51. The number of hydrogen-bond donors (Lipinski definition) is 3. The summed E-state index contributed by atoms with van der Waals surface area (Å²) in [7, 11) is 3.56. The Morgan fingerprint density at radius 1 is 1.34 bits per heavy atom. The molecule has 3 N–H and O–H groups in total. The van der Waals surface area contributed by atoms with Gasteiger partial charge in [0.1, 0.15) is 5.70 Å². The Morgan fingerprint density at radius 2 is 2.06 bits per heavy atom. The van der Waals surface area contributed by atoms with Gasteiger partial charge in [0.05, 0.1) is 24.1 Å². The van der Waals surface area contributed by atoms with Gasteiger partial charge in [-0.25, -0.2) is 4.79 Å². The van der Waals surface area contributed by atoms with Crippen molar-refractivity contribution in [1.82, 2.24) is 20.0 Å². The predicted molar refractivity (Wildman–Crippen MR) is 121 cm³/mol. The van der Waals surface area contributed by atoms with Crippen LogP contribution in [0.1, 0.15) is 26.7 Å². The number of aliphatic hydroxyl groups is 1. The van der Waals surface area contributed by atoms with E-state index < -0.39 is 18.0 Å². The van der Waals surface area contributed by atoms with Crippen LogP contribution in [-0.4, -0.2) is 106 Å². The summed E-state index contributed by atoms with van der Waals surface area (Å²) in [6, 6.07) is -0.362. The highest BCUT2D eigenvalue weighted by Gasteiger charge is 2.60. The molecule has 32 heavy (non-hydrogen) atoms. The van der Waals surface area contributed by atoms with Crippen molar-refractivity contribution >= 4 is 29.5 Å². The summed E-state index contributed by atoms with van der Waals surface area (Å²) in [5, 5.41) is 23.4. The van der Waals surface area contributed by atoms with Gasteiger partial charge in [0.15, 0.2) is 0 Å². The average molecular weight is 467 g/mol. The van der Waals surface area contributed by atoms with E-state index in [0.717, 1.165) is 43.9 Å². The minimum atomic E-state index is -1.07. The molecular weight excluding hydrogens is 432 g/mol. The molecule has 0 unspecified atom stereocenters. The maximum Gasteiger partial charge on any atom is 0.353 e. The maximum atomic E-state index is 12.5. The van der Waals surface area contributed by atoms with E-state index in [1.165, 1.54) is 4.90 Å². The molecule has 2 amide bonds. The van der Waals surface area contributed by atoms with Gasteiger partial charge in [-0.05, 0) is 38.8 Å². The number of hydrogen-bond acceptors (Lipinski definition) is 7. The molecule has 4 heterocycles. The van der Waals surface area contributed by atoms with Crippen molar-refractivity contribution in [1.29, 1.82) is 0 Å². The topological polar surface area (TPSA) is 113 Å². The molecule has 178 valence electrons. The lowest BCUT2D eigenvalue weighted by Gasteiger charge is -2.46. The molecule has 3 fully saturated rings. The SMILES string of the molecule is C[C@@H](O)[C@H]1C(=O)N2C(C(=O)O)=C(S[C@@H]3CCN(C[C@@H]4CN[C@H](C(=O)N(C)C)C4)C3)[C@H](C)[C@H]12. The number of rotatable bonds is 7. The Balaban J connectivity index is 1.36. The molecule has 3 saturated heterocycles. The van der Waals surface area contributed by atoms with Crippen LogP contribution in [0.25, 0.3) is 0 Å². The molecule has 4 aliphatic heterocycles. The third kappa shape index (κ3) is 4.06. The molecule has 0 radical (unpaired) electrons. The van der Waals surface area contributed by atoms with Crippen LogP contribution in [0.2, 0.25) is 0 Å². The first-order valence-electron chi connectivity index (χ1n) is 11.4. The molecule has 0 aromatic rings. The average Bonchev–Trinajstić information content (AvgIpc) is 3.41. The number of likely N-dealkylation sites (N-methyl/N-ethyl adjacent to an activating group) is 1. The van der Waals surface area contributed by atoms with Crippen molar-refractivity contribution < 1.29 is 24.6 Å². The summed E-state index contributed by atoms with van der Waals surface area (Å²) < 4.78 is 0. The number of carboxylic acids is 1. The van der Waals surface area contributed by atoms with Crippen LogP contribution in [0.5, 0.6) is 0 Å². The van der Waals surface area contributed by atoms with E-state index in [4.69, 9.17) is 0 Å². The largest absolute Gasteiger partial charge is 0.477 e. The van der Waals surface area contributed by atoms with Crippen LogP contribution >= 0.6 is 11.8 Å². The number of nitrogens with zero attached hydrogens (tertiary/aromatic N) is 3. The van der Waals surface area contributed by atoms with Crippen molar-refractivity contribution in [3.8, 4) is 0 Å². The van der Waals surface area contributed by atoms with Gasteiger partial charge in [-0.2, -0.15) is 0 Å². The zero-order valence-electron chi connectivity index (χ0n) is 19.2. The standard InChI is InChI=1S/C22H34N4O5S/c1-11-17-16(12(2)27)21(29)26(17)18(22(30)31)19(11)32-14-5-6-25(10-14)9-13-7-15(23-8-13)20(28)24(3)4/h11-17,23,27H,5-10H2,1-4H3,(H,30,31)/t11-,12-,13+,14-,15+,16-,17-/m1/s1. The number of carbonyl (C=O) groups is 3. The monoisotopic (exact) mass is 466 g/mol. The molecular formula is C22H34N4O5S. The minimum absolute atomic E-state index is 0.0886. The van der Waals surface area contributed by atoms with Crippen molar-refractivity contribution in [2.75, 3.05) is 40.3 Å². The van der Waals surface area contributed by atoms with E-state index in [0.29, 0.717) is 5.92 Å². The molecule has 4 rings (SSSR count). The van der Waals surface area contributed by atoms with Crippen LogP contribution in [-0.2, 0) is 14.4 Å². The fourth-order valence-corrected chi connectivity index (χ4v) is 7.25. The molecule has 0 aromatic carbocycles. The Kier molecular flexibility index (Phi) is 6.59. The minimum Gasteiger partial charge on any atom is -0.477 e.